The molecular weight excluding hydrogens is 456 g/mol. The third-order valence-electron chi connectivity index (χ3n) is 13.4. The van der Waals surface area contributed by atoms with Crippen LogP contribution in [0.1, 0.15) is 92.9 Å². The van der Waals surface area contributed by atoms with Crippen molar-refractivity contribution < 1.29 is 30.3 Å². The Bertz CT molecular complexity index is 974. The maximum absolute atomic E-state index is 12.8. The lowest BCUT2D eigenvalue weighted by atomic mass is 9.33. The molecule has 0 amide bonds. The number of rotatable bonds is 2. The second-order valence-electron chi connectivity index (χ2n) is 15.0. The van der Waals surface area contributed by atoms with Crippen molar-refractivity contribution in [2.24, 2.45) is 50.2 Å². The largest absolute Gasteiger partial charge is 0.481 e. The van der Waals surface area contributed by atoms with Gasteiger partial charge >= 0.3 is 5.97 Å². The molecule has 4 saturated carbocycles. The Hall–Kier alpha value is -0.950. The molecule has 36 heavy (non-hydrogen) atoms. The van der Waals surface area contributed by atoms with Crippen molar-refractivity contribution in [2.75, 3.05) is 6.61 Å². The molecule has 0 bridgehead atoms. The standard InChI is InChI=1S/C30H48O6/c1-25(2)11-13-30(24(35)36)14-12-28(5)17(21(30)23(25)34)7-8-20-26(3)15-18(32)22(33)27(4,16-31)19(26)9-10-29(20,28)6/h7,18-23,31-34H,8-16H2,1-6H3,(H,35,36)/t18-,19?,20?,21-,22+,23+,26+,27+,28-,29-,30+/m1/s1. The van der Waals surface area contributed by atoms with E-state index >= 15 is 0 Å². The average molecular weight is 505 g/mol. The van der Waals surface area contributed by atoms with Gasteiger partial charge in [-0.05, 0) is 84.9 Å². The van der Waals surface area contributed by atoms with Crippen molar-refractivity contribution in [3.8, 4) is 0 Å². The highest BCUT2D eigenvalue weighted by Gasteiger charge is 2.71. The van der Waals surface area contributed by atoms with Gasteiger partial charge in [-0.3, -0.25) is 4.79 Å². The van der Waals surface area contributed by atoms with Gasteiger partial charge in [0.25, 0.3) is 0 Å². The Morgan fingerprint density at radius 2 is 1.56 bits per heavy atom. The van der Waals surface area contributed by atoms with Gasteiger partial charge in [-0.1, -0.05) is 53.2 Å². The van der Waals surface area contributed by atoms with Crippen LogP contribution in [-0.4, -0.2) is 56.4 Å². The molecule has 204 valence electrons. The molecule has 0 radical (unpaired) electrons. The number of carboxylic acid groups (broad SMARTS) is 1. The molecule has 0 aromatic carbocycles. The van der Waals surface area contributed by atoms with Crippen molar-refractivity contribution in [1.82, 2.24) is 0 Å². The third kappa shape index (κ3) is 2.96. The summed E-state index contributed by atoms with van der Waals surface area (Å²) in [6.07, 6.45) is 5.48. The molecular formula is C30H48O6. The zero-order chi connectivity index (χ0) is 26.7. The minimum absolute atomic E-state index is 0.0888. The fraction of sp³-hybridized carbons (Fsp3) is 0.900. The molecule has 11 atom stereocenters. The minimum Gasteiger partial charge on any atom is -0.481 e. The molecule has 0 aromatic heterocycles. The number of aliphatic hydroxyl groups excluding tert-OH is 4. The first-order chi connectivity index (χ1) is 16.5. The van der Waals surface area contributed by atoms with Crippen LogP contribution in [0.25, 0.3) is 0 Å². The Morgan fingerprint density at radius 1 is 0.917 bits per heavy atom. The normalized spacial score (nSPS) is 55.9. The predicted octanol–water partition coefficient (Wildman–Crippen LogP) is 4.15. The Labute approximate surface area is 216 Å². The van der Waals surface area contributed by atoms with Crippen LogP contribution in [0.3, 0.4) is 0 Å². The Balaban J connectivity index is 1.63. The van der Waals surface area contributed by atoms with E-state index in [1.54, 1.807) is 0 Å². The van der Waals surface area contributed by atoms with E-state index in [9.17, 15) is 30.3 Å². The maximum atomic E-state index is 12.8. The second kappa shape index (κ2) is 7.80. The van der Waals surface area contributed by atoms with Crippen LogP contribution in [0.15, 0.2) is 11.6 Å². The van der Waals surface area contributed by atoms with E-state index in [1.807, 2.05) is 6.92 Å². The first-order valence-electron chi connectivity index (χ1n) is 14.1. The van der Waals surface area contributed by atoms with Gasteiger partial charge in [0.1, 0.15) is 0 Å². The molecule has 2 unspecified atom stereocenters. The molecule has 0 aromatic rings. The van der Waals surface area contributed by atoms with E-state index in [0.29, 0.717) is 25.7 Å². The number of hydrogen-bond donors (Lipinski definition) is 5. The summed E-state index contributed by atoms with van der Waals surface area (Å²) in [6, 6.07) is 0. The molecule has 4 fully saturated rings. The van der Waals surface area contributed by atoms with E-state index in [2.05, 4.69) is 40.7 Å². The Morgan fingerprint density at radius 3 is 2.17 bits per heavy atom. The van der Waals surface area contributed by atoms with Crippen molar-refractivity contribution >= 4 is 5.97 Å². The highest BCUT2D eigenvalue weighted by atomic mass is 16.4. The van der Waals surface area contributed by atoms with Crippen LogP contribution in [-0.2, 0) is 4.79 Å². The van der Waals surface area contributed by atoms with Crippen molar-refractivity contribution in [1.29, 1.82) is 0 Å². The summed E-state index contributed by atoms with van der Waals surface area (Å²) in [5, 5.41) is 54.5. The lowest BCUT2D eigenvalue weighted by molar-refractivity contribution is -0.245. The zero-order valence-electron chi connectivity index (χ0n) is 23.0. The predicted molar refractivity (Wildman–Crippen MR) is 137 cm³/mol. The summed E-state index contributed by atoms with van der Waals surface area (Å²) in [5.41, 5.74) is -1.50. The van der Waals surface area contributed by atoms with Gasteiger partial charge in [0, 0.05) is 11.3 Å². The summed E-state index contributed by atoms with van der Waals surface area (Å²) in [7, 11) is 0. The van der Waals surface area contributed by atoms with E-state index in [1.165, 1.54) is 0 Å². The highest BCUT2D eigenvalue weighted by molar-refractivity contribution is 5.77. The quantitative estimate of drug-likeness (QED) is 0.361. The summed E-state index contributed by atoms with van der Waals surface area (Å²) >= 11 is 0. The van der Waals surface area contributed by atoms with Crippen LogP contribution in [0, 0.1) is 50.2 Å². The van der Waals surface area contributed by atoms with E-state index in [4.69, 9.17) is 0 Å². The summed E-state index contributed by atoms with van der Waals surface area (Å²) in [6.45, 7) is 12.9. The molecule has 5 aliphatic carbocycles. The number of fused-ring (bicyclic) bond motifs is 7. The van der Waals surface area contributed by atoms with E-state index in [-0.39, 0.29) is 46.0 Å². The van der Waals surface area contributed by atoms with Gasteiger partial charge in [-0.25, -0.2) is 0 Å². The van der Waals surface area contributed by atoms with Crippen LogP contribution >= 0.6 is 0 Å². The molecule has 0 aliphatic heterocycles. The lowest BCUT2D eigenvalue weighted by Gasteiger charge is -2.71. The fourth-order valence-electron chi connectivity index (χ4n) is 10.8. The lowest BCUT2D eigenvalue weighted by Crippen LogP contribution is -2.69. The first-order valence-corrected chi connectivity index (χ1v) is 14.1. The molecule has 0 saturated heterocycles. The van der Waals surface area contributed by atoms with Crippen LogP contribution in [0.5, 0.6) is 0 Å². The fourth-order valence-corrected chi connectivity index (χ4v) is 10.8. The SMILES string of the molecule is CC1(C)CC[C@]2(C(=O)O)CC[C@]3(C)C(=CCC4[C@@]5(C)C[C@@H](O)[C@H](O)[C@@](C)(CO)C5CC[C@]43C)[C@@H]2[C@@H]1O. The van der Waals surface area contributed by atoms with E-state index in [0.717, 1.165) is 31.3 Å². The average Bonchev–Trinajstić information content (AvgIpc) is 2.80. The topological polar surface area (TPSA) is 118 Å². The summed E-state index contributed by atoms with van der Waals surface area (Å²) in [4.78, 5) is 12.8. The number of carbonyl (C=O) groups is 1. The molecule has 0 spiro atoms. The van der Waals surface area contributed by atoms with Crippen molar-refractivity contribution in [3.05, 3.63) is 11.6 Å². The van der Waals surface area contributed by atoms with Crippen molar-refractivity contribution in [3.63, 3.8) is 0 Å². The third-order valence-corrected chi connectivity index (χ3v) is 13.4. The molecule has 5 N–H and O–H groups in total. The van der Waals surface area contributed by atoms with Gasteiger partial charge in [0.15, 0.2) is 0 Å². The number of aliphatic carboxylic acids is 1. The smallest absolute Gasteiger partial charge is 0.310 e. The minimum atomic E-state index is -0.944. The monoisotopic (exact) mass is 504 g/mol. The number of aliphatic hydroxyl groups is 4. The van der Waals surface area contributed by atoms with Crippen LogP contribution in [0.2, 0.25) is 0 Å². The molecule has 6 heteroatoms. The number of carboxylic acids is 1. The highest BCUT2D eigenvalue weighted by Crippen LogP contribution is 2.75. The maximum Gasteiger partial charge on any atom is 0.310 e. The van der Waals surface area contributed by atoms with Gasteiger partial charge < -0.3 is 25.5 Å². The number of hydrogen-bond acceptors (Lipinski definition) is 5. The van der Waals surface area contributed by atoms with Crippen molar-refractivity contribution in [2.45, 2.75) is 111 Å². The number of allylic oxidation sites excluding steroid dienone is 1. The van der Waals surface area contributed by atoms with Crippen LogP contribution in [0.4, 0.5) is 0 Å². The van der Waals surface area contributed by atoms with E-state index < -0.39 is 35.1 Å². The molecule has 5 rings (SSSR count). The van der Waals surface area contributed by atoms with Gasteiger partial charge in [0.2, 0.25) is 0 Å². The molecule has 6 nitrogen and oxygen atoms in total. The molecule has 5 aliphatic rings. The van der Waals surface area contributed by atoms with Gasteiger partial charge in [-0.2, -0.15) is 0 Å². The summed E-state index contributed by atoms with van der Waals surface area (Å²) < 4.78 is 0. The first kappa shape index (κ1) is 26.6. The molecule has 0 heterocycles. The zero-order valence-corrected chi connectivity index (χ0v) is 23.0. The van der Waals surface area contributed by atoms with Gasteiger partial charge in [-0.15, -0.1) is 0 Å². The second-order valence-corrected chi connectivity index (χ2v) is 15.0. The van der Waals surface area contributed by atoms with Crippen LogP contribution < -0.4 is 0 Å². The van der Waals surface area contributed by atoms with Gasteiger partial charge in [0.05, 0.1) is 30.3 Å². The summed E-state index contributed by atoms with van der Waals surface area (Å²) in [5.74, 6) is -0.833. The Kier molecular flexibility index (Phi) is 5.77.